The fraction of sp³-hybridized carbons (Fsp3) is 0.350. The molecule has 2 N–H and O–H groups in total. The Morgan fingerprint density at radius 3 is 2.48 bits per heavy atom. The molecule has 0 aliphatic heterocycles. The van der Waals surface area contributed by atoms with Gasteiger partial charge in [-0.1, -0.05) is 32.0 Å². The zero-order valence-corrected chi connectivity index (χ0v) is 15.2. The van der Waals surface area contributed by atoms with Gasteiger partial charge < -0.3 is 19.8 Å². The van der Waals surface area contributed by atoms with Crippen molar-refractivity contribution in [3.8, 4) is 11.5 Å². The van der Waals surface area contributed by atoms with Gasteiger partial charge in [-0.25, -0.2) is 4.98 Å². The third-order valence-corrected chi connectivity index (χ3v) is 4.34. The molecule has 0 radical (unpaired) electrons. The van der Waals surface area contributed by atoms with Crippen LogP contribution in [0.2, 0.25) is 0 Å². The van der Waals surface area contributed by atoms with Crippen LogP contribution in [0, 0.1) is 5.92 Å². The molecule has 2 aromatic carbocycles. The molecule has 0 aliphatic carbocycles. The van der Waals surface area contributed by atoms with E-state index in [0.717, 1.165) is 40.5 Å². The minimum Gasteiger partial charge on any atom is -0.493 e. The van der Waals surface area contributed by atoms with Crippen molar-refractivity contribution in [3.05, 3.63) is 53.9 Å². The van der Waals surface area contributed by atoms with E-state index in [0.29, 0.717) is 5.92 Å². The van der Waals surface area contributed by atoms with E-state index >= 15 is 0 Å². The number of imidazole rings is 1. The van der Waals surface area contributed by atoms with E-state index in [2.05, 4.69) is 30.2 Å². The number of hydrogen-bond acceptors (Lipinski definition) is 4. The number of aromatic nitrogens is 2. The van der Waals surface area contributed by atoms with Crippen LogP contribution in [-0.2, 0) is 6.54 Å². The lowest BCUT2D eigenvalue weighted by atomic mass is 10.0. The number of rotatable bonds is 7. The number of nitrogens with one attached hydrogen (secondary N) is 2. The van der Waals surface area contributed by atoms with Crippen LogP contribution in [0.15, 0.2) is 42.5 Å². The number of methoxy groups -OCH3 is 2. The summed E-state index contributed by atoms with van der Waals surface area (Å²) in [5, 5.41) is 3.61. The summed E-state index contributed by atoms with van der Waals surface area (Å²) in [6, 6.07) is 14.2. The molecule has 25 heavy (non-hydrogen) atoms. The molecule has 5 nitrogen and oxygen atoms in total. The van der Waals surface area contributed by atoms with Crippen molar-refractivity contribution in [2.24, 2.45) is 5.92 Å². The van der Waals surface area contributed by atoms with E-state index in [9.17, 15) is 0 Å². The minimum absolute atomic E-state index is 0.139. The van der Waals surface area contributed by atoms with Crippen molar-refractivity contribution in [1.82, 2.24) is 15.3 Å². The number of para-hydroxylation sites is 2. The summed E-state index contributed by atoms with van der Waals surface area (Å²) in [5.74, 6) is 2.85. The summed E-state index contributed by atoms with van der Waals surface area (Å²) < 4.78 is 10.7. The minimum atomic E-state index is 0.139. The Kier molecular flexibility index (Phi) is 5.24. The molecule has 1 aromatic heterocycles. The first-order valence-electron chi connectivity index (χ1n) is 8.51. The maximum Gasteiger partial charge on any atom is 0.161 e. The molecule has 3 aromatic rings. The van der Waals surface area contributed by atoms with E-state index in [1.54, 1.807) is 14.2 Å². The predicted octanol–water partition coefficient (Wildman–Crippen LogP) is 4.07. The first-order valence-corrected chi connectivity index (χ1v) is 8.51. The van der Waals surface area contributed by atoms with Crippen molar-refractivity contribution < 1.29 is 9.47 Å². The molecule has 1 heterocycles. The summed E-state index contributed by atoms with van der Waals surface area (Å²) in [7, 11) is 3.30. The van der Waals surface area contributed by atoms with Gasteiger partial charge in [-0.15, -0.1) is 0 Å². The topological polar surface area (TPSA) is 59.2 Å². The molecule has 3 rings (SSSR count). The van der Waals surface area contributed by atoms with Crippen LogP contribution < -0.4 is 14.8 Å². The highest BCUT2D eigenvalue weighted by molar-refractivity contribution is 5.74. The third-order valence-electron chi connectivity index (χ3n) is 4.34. The first kappa shape index (κ1) is 17.3. The standard InChI is InChI=1S/C20H25N3O2/c1-13(2)19(20-22-15-7-5-6-8-16(15)23-20)21-12-14-9-10-17(24-3)18(11-14)25-4/h5-11,13,19,21H,12H2,1-4H3,(H,22,23)/t19-/m0/s1. The number of benzene rings is 2. The van der Waals surface area contributed by atoms with Gasteiger partial charge in [0.1, 0.15) is 5.82 Å². The van der Waals surface area contributed by atoms with Crippen LogP contribution in [0.4, 0.5) is 0 Å². The molecule has 0 unspecified atom stereocenters. The lowest BCUT2D eigenvalue weighted by Crippen LogP contribution is -2.26. The van der Waals surface area contributed by atoms with Gasteiger partial charge >= 0.3 is 0 Å². The van der Waals surface area contributed by atoms with E-state index in [-0.39, 0.29) is 6.04 Å². The molecule has 0 saturated carbocycles. The Hall–Kier alpha value is -2.53. The van der Waals surface area contributed by atoms with Crippen molar-refractivity contribution in [1.29, 1.82) is 0 Å². The average Bonchev–Trinajstić information content (AvgIpc) is 3.05. The van der Waals surface area contributed by atoms with E-state index in [1.807, 2.05) is 36.4 Å². The van der Waals surface area contributed by atoms with E-state index < -0.39 is 0 Å². The highest BCUT2D eigenvalue weighted by atomic mass is 16.5. The second kappa shape index (κ2) is 7.57. The molecule has 0 spiro atoms. The maximum atomic E-state index is 5.38. The lowest BCUT2D eigenvalue weighted by Gasteiger charge is -2.21. The Labute approximate surface area is 148 Å². The lowest BCUT2D eigenvalue weighted by molar-refractivity contribution is 0.353. The number of ether oxygens (including phenoxy) is 2. The van der Waals surface area contributed by atoms with Gasteiger partial charge in [-0.2, -0.15) is 0 Å². The number of hydrogen-bond donors (Lipinski definition) is 2. The van der Waals surface area contributed by atoms with Gasteiger partial charge in [0.15, 0.2) is 11.5 Å². The average molecular weight is 339 g/mol. The van der Waals surface area contributed by atoms with Crippen molar-refractivity contribution >= 4 is 11.0 Å². The number of nitrogens with zero attached hydrogens (tertiary/aromatic N) is 1. The molecule has 132 valence electrons. The Morgan fingerprint density at radius 1 is 1.04 bits per heavy atom. The number of fused-ring (bicyclic) bond motifs is 1. The van der Waals surface area contributed by atoms with Crippen molar-refractivity contribution in [3.63, 3.8) is 0 Å². The second-order valence-corrected chi connectivity index (χ2v) is 6.43. The highest BCUT2D eigenvalue weighted by Gasteiger charge is 2.19. The predicted molar refractivity (Wildman–Crippen MR) is 100 cm³/mol. The first-order chi connectivity index (χ1) is 12.1. The van der Waals surface area contributed by atoms with Crippen LogP contribution in [0.3, 0.4) is 0 Å². The van der Waals surface area contributed by atoms with Crippen molar-refractivity contribution in [2.75, 3.05) is 14.2 Å². The van der Waals surface area contributed by atoms with Crippen LogP contribution >= 0.6 is 0 Å². The van der Waals surface area contributed by atoms with Gasteiger partial charge in [0, 0.05) is 6.54 Å². The quantitative estimate of drug-likeness (QED) is 0.681. The van der Waals surface area contributed by atoms with Gasteiger partial charge in [0.05, 0.1) is 31.3 Å². The highest BCUT2D eigenvalue weighted by Crippen LogP contribution is 2.28. The van der Waals surface area contributed by atoms with Crippen LogP contribution in [-0.4, -0.2) is 24.2 Å². The SMILES string of the molecule is COc1ccc(CN[C@H](c2nc3ccccc3[nH]2)C(C)C)cc1OC. The zero-order chi connectivity index (χ0) is 17.8. The fourth-order valence-electron chi connectivity index (χ4n) is 2.99. The molecule has 0 fully saturated rings. The number of aromatic amines is 1. The summed E-state index contributed by atoms with van der Waals surface area (Å²) in [5.41, 5.74) is 3.20. The largest absolute Gasteiger partial charge is 0.493 e. The normalized spacial score (nSPS) is 12.5. The smallest absolute Gasteiger partial charge is 0.161 e. The second-order valence-electron chi connectivity index (χ2n) is 6.43. The van der Waals surface area contributed by atoms with Crippen LogP contribution in [0.5, 0.6) is 11.5 Å². The summed E-state index contributed by atoms with van der Waals surface area (Å²) in [6.45, 7) is 5.11. The fourth-order valence-corrected chi connectivity index (χ4v) is 2.99. The Bertz CT molecular complexity index is 809. The van der Waals surface area contributed by atoms with Gasteiger partial charge in [-0.05, 0) is 35.7 Å². The van der Waals surface area contributed by atoms with Crippen LogP contribution in [0.1, 0.15) is 31.3 Å². The monoisotopic (exact) mass is 339 g/mol. The van der Waals surface area contributed by atoms with Gasteiger partial charge in [0.25, 0.3) is 0 Å². The maximum absolute atomic E-state index is 5.38. The zero-order valence-electron chi connectivity index (χ0n) is 15.2. The number of H-pyrrole nitrogens is 1. The summed E-state index contributed by atoms with van der Waals surface area (Å²) in [4.78, 5) is 8.18. The van der Waals surface area contributed by atoms with Gasteiger partial charge in [0.2, 0.25) is 0 Å². The molecule has 0 saturated heterocycles. The molecular weight excluding hydrogens is 314 g/mol. The van der Waals surface area contributed by atoms with E-state index in [4.69, 9.17) is 14.5 Å². The Balaban J connectivity index is 1.78. The Morgan fingerprint density at radius 2 is 1.80 bits per heavy atom. The molecule has 0 aliphatic rings. The van der Waals surface area contributed by atoms with E-state index in [1.165, 1.54) is 0 Å². The van der Waals surface area contributed by atoms with Gasteiger partial charge in [-0.3, -0.25) is 0 Å². The molecular formula is C20H25N3O2. The third kappa shape index (κ3) is 3.77. The molecule has 1 atom stereocenters. The van der Waals surface area contributed by atoms with Crippen LogP contribution in [0.25, 0.3) is 11.0 Å². The summed E-state index contributed by atoms with van der Waals surface area (Å²) >= 11 is 0. The molecule has 5 heteroatoms. The summed E-state index contributed by atoms with van der Waals surface area (Å²) in [6.07, 6.45) is 0. The van der Waals surface area contributed by atoms with Crippen molar-refractivity contribution in [2.45, 2.75) is 26.4 Å². The molecule has 0 amide bonds. The molecule has 0 bridgehead atoms.